The highest BCUT2D eigenvalue weighted by molar-refractivity contribution is 7.89. The van der Waals surface area contributed by atoms with Crippen LogP contribution in [0.1, 0.15) is 30.9 Å². The fourth-order valence-electron chi connectivity index (χ4n) is 4.37. The number of rotatable bonds is 5. The Hall–Kier alpha value is -2.45. The molecule has 8 heteroatoms. The third-order valence-electron chi connectivity index (χ3n) is 5.87. The molecule has 1 aliphatic carbocycles. The van der Waals surface area contributed by atoms with Crippen molar-refractivity contribution in [1.29, 1.82) is 0 Å². The second-order valence-corrected chi connectivity index (χ2v) is 9.16. The monoisotopic (exact) mass is 387 g/mol. The molecule has 1 spiro atoms. The van der Waals surface area contributed by atoms with Gasteiger partial charge in [0.05, 0.1) is 15.9 Å². The van der Waals surface area contributed by atoms with Crippen LogP contribution in [0.3, 0.4) is 0 Å². The lowest BCUT2D eigenvalue weighted by Gasteiger charge is -2.63. The van der Waals surface area contributed by atoms with Crippen molar-refractivity contribution >= 4 is 21.4 Å². The van der Waals surface area contributed by atoms with E-state index in [2.05, 4.69) is 16.9 Å². The van der Waals surface area contributed by atoms with Gasteiger partial charge in [-0.2, -0.15) is 0 Å². The quantitative estimate of drug-likeness (QED) is 0.628. The topological polar surface area (TPSA) is 92.6 Å². The molecule has 0 bridgehead atoms. The lowest BCUT2D eigenvalue weighted by molar-refractivity contribution is -0.384. The number of hydrogen-bond acceptors (Lipinski definition) is 5. The zero-order valence-corrected chi connectivity index (χ0v) is 15.8. The lowest BCUT2D eigenvalue weighted by atomic mass is 9.56. The van der Waals surface area contributed by atoms with Crippen molar-refractivity contribution in [3.05, 3.63) is 64.2 Å². The van der Waals surface area contributed by atoms with Gasteiger partial charge in [-0.15, -0.1) is 0 Å². The smallest absolute Gasteiger partial charge is 0.293 e. The summed E-state index contributed by atoms with van der Waals surface area (Å²) in [5.41, 5.74) is 1.61. The third kappa shape index (κ3) is 2.80. The van der Waals surface area contributed by atoms with Crippen LogP contribution in [-0.2, 0) is 10.0 Å². The Morgan fingerprint density at radius 2 is 1.89 bits per heavy atom. The Morgan fingerprint density at radius 1 is 1.19 bits per heavy atom. The summed E-state index contributed by atoms with van der Waals surface area (Å²) in [7, 11) is -2.45. The molecule has 0 aromatic heterocycles. The molecule has 4 rings (SSSR count). The second-order valence-electron chi connectivity index (χ2n) is 7.27. The third-order valence-corrected chi connectivity index (χ3v) is 7.29. The Morgan fingerprint density at radius 3 is 2.44 bits per heavy atom. The van der Waals surface area contributed by atoms with Gasteiger partial charge in [-0.25, -0.2) is 13.1 Å². The van der Waals surface area contributed by atoms with E-state index in [1.807, 2.05) is 23.1 Å². The summed E-state index contributed by atoms with van der Waals surface area (Å²) in [6, 6.07) is 14.3. The molecule has 1 aliphatic heterocycles. The van der Waals surface area contributed by atoms with E-state index in [9.17, 15) is 18.5 Å². The minimum Gasteiger partial charge on any atom is -0.358 e. The second kappa shape index (κ2) is 6.31. The molecule has 1 heterocycles. The summed E-state index contributed by atoms with van der Waals surface area (Å²) in [6.07, 6.45) is 3.41. The summed E-state index contributed by atoms with van der Waals surface area (Å²) in [5, 5.41) is 11.7. The lowest BCUT2D eigenvalue weighted by Crippen LogP contribution is -2.62. The highest BCUT2D eigenvalue weighted by Crippen LogP contribution is 2.62. The fourth-order valence-corrected chi connectivity index (χ4v) is 5.12. The van der Waals surface area contributed by atoms with Crippen LogP contribution in [0.5, 0.6) is 0 Å². The van der Waals surface area contributed by atoms with Crippen molar-refractivity contribution in [3.8, 4) is 0 Å². The van der Waals surface area contributed by atoms with E-state index in [1.54, 1.807) is 6.07 Å². The maximum absolute atomic E-state index is 12.0. The number of sulfonamides is 1. The largest absolute Gasteiger partial charge is 0.358 e. The molecule has 2 aromatic rings. The van der Waals surface area contributed by atoms with Gasteiger partial charge >= 0.3 is 0 Å². The average Bonchev–Trinajstić information content (AvgIpc) is 2.60. The average molecular weight is 387 g/mol. The molecule has 27 heavy (non-hydrogen) atoms. The number of nitro benzene ring substituents is 1. The molecule has 1 unspecified atom stereocenters. The predicted molar refractivity (Wildman–Crippen MR) is 102 cm³/mol. The molecule has 1 saturated carbocycles. The minimum absolute atomic E-state index is 0.0814. The van der Waals surface area contributed by atoms with Gasteiger partial charge in [0, 0.05) is 18.0 Å². The molecule has 7 nitrogen and oxygen atoms in total. The van der Waals surface area contributed by atoms with Gasteiger partial charge in [0.15, 0.2) is 0 Å². The SMILES string of the molecule is CNS(=O)(=O)c1ccc(N2CC3(CCC3)C2c2ccccc2)c([N+](=O)[O-])c1. The van der Waals surface area contributed by atoms with E-state index in [1.165, 1.54) is 19.5 Å². The number of benzene rings is 2. The first-order valence-electron chi connectivity index (χ1n) is 8.92. The Labute approximate surface area is 158 Å². The van der Waals surface area contributed by atoms with Gasteiger partial charge in [-0.1, -0.05) is 36.8 Å². The van der Waals surface area contributed by atoms with Crippen LogP contribution < -0.4 is 9.62 Å². The summed E-state index contributed by atoms with van der Waals surface area (Å²) >= 11 is 0. The van der Waals surface area contributed by atoms with Crippen LogP contribution in [0, 0.1) is 15.5 Å². The van der Waals surface area contributed by atoms with Crippen LogP contribution in [0.15, 0.2) is 53.4 Å². The van der Waals surface area contributed by atoms with Crippen molar-refractivity contribution in [2.45, 2.75) is 30.2 Å². The van der Waals surface area contributed by atoms with E-state index < -0.39 is 14.9 Å². The number of nitro groups is 1. The normalized spacial score (nSPS) is 20.8. The predicted octanol–water partition coefficient (Wildman–Crippen LogP) is 3.23. The highest BCUT2D eigenvalue weighted by atomic mass is 32.2. The van der Waals surface area contributed by atoms with Gasteiger partial charge in [-0.3, -0.25) is 10.1 Å². The van der Waals surface area contributed by atoms with Crippen molar-refractivity contribution in [2.24, 2.45) is 5.41 Å². The molecule has 0 amide bonds. The van der Waals surface area contributed by atoms with Crippen molar-refractivity contribution in [2.75, 3.05) is 18.5 Å². The van der Waals surface area contributed by atoms with Crippen molar-refractivity contribution < 1.29 is 13.3 Å². The maximum atomic E-state index is 12.0. The molecule has 1 saturated heterocycles. The first-order chi connectivity index (χ1) is 12.9. The first-order valence-corrected chi connectivity index (χ1v) is 10.4. The van der Waals surface area contributed by atoms with Gasteiger partial charge in [0.2, 0.25) is 10.0 Å². The van der Waals surface area contributed by atoms with Crippen LogP contribution in [0.2, 0.25) is 0 Å². The summed E-state index contributed by atoms with van der Waals surface area (Å²) in [5.74, 6) is 0. The van der Waals surface area contributed by atoms with Gasteiger partial charge in [-0.05, 0) is 37.6 Å². The van der Waals surface area contributed by atoms with E-state index in [-0.39, 0.29) is 22.0 Å². The van der Waals surface area contributed by atoms with E-state index >= 15 is 0 Å². The van der Waals surface area contributed by atoms with Gasteiger partial charge in [0.25, 0.3) is 5.69 Å². The molecular formula is C19H21N3O4S. The molecule has 1 N–H and O–H groups in total. The van der Waals surface area contributed by atoms with E-state index in [0.717, 1.165) is 31.0 Å². The van der Waals surface area contributed by atoms with Crippen LogP contribution in [0.25, 0.3) is 0 Å². The van der Waals surface area contributed by atoms with Crippen molar-refractivity contribution in [3.63, 3.8) is 0 Å². The molecule has 0 radical (unpaired) electrons. The standard InChI is InChI=1S/C19H21N3O4S/c1-20-27(25,26)15-8-9-16(17(12-15)22(23)24)21-13-19(10-5-11-19)18(21)14-6-3-2-4-7-14/h2-4,6-9,12,18,20H,5,10-11,13H2,1H3. The molecule has 142 valence electrons. The molecule has 2 aliphatic rings. The molecule has 1 atom stereocenters. The minimum atomic E-state index is -3.74. The van der Waals surface area contributed by atoms with Crippen LogP contribution in [0.4, 0.5) is 11.4 Å². The molecule has 2 aromatic carbocycles. The molecule has 2 fully saturated rings. The summed E-state index contributed by atoms with van der Waals surface area (Å²) in [4.78, 5) is 13.1. The summed E-state index contributed by atoms with van der Waals surface area (Å²) in [6.45, 7) is 0.755. The zero-order valence-electron chi connectivity index (χ0n) is 15.0. The zero-order chi connectivity index (χ0) is 19.2. The number of anilines is 1. The highest BCUT2D eigenvalue weighted by Gasteiger charge is 2.57. The van der Waals surface area contributed by atoms with Crippen LogP contribution in [-0.4, -0.2) is 26.9 Å². The Kier molecular flexibility index (Phi) is 4.20. The maximum Gasteiger partial charge on any atom is 0.293 e. The van der Waals surface area contributed by atoms with Crippen LogP contribution >= 0.6 is 0 Å². The van der Waals surface area contributed by atoms with E-state index in [0.29, 0.717) is 5.69 Å². The van der Waals surface area contributed by atoms with E-state index in [4.69, 9.17) is 0 Å². The number of nitrogens with zero attached hydrogens (tertiary/aromatic N) is 2. The fraction of sp³-hybridized carbons (Fsp3) is 0.368. The number of nitrogens with one attached hydrogen (secondary N) is 1. The first kappa shape index (κ1) is 17.9. The number of hydrogen-bond donors (Lipinski definition) is 1. The van der Waals surface area contributed by atoms with Gasteiger partial charge in [0.1, 0.15) is 5.69 Å². The Bertz CT molecular complexity index is 987. The van der Waals surface area contributed by atoms with Gasteiger partial charge < -0.3 is 4.90 Å². The molecular weight excluding hydrogens is 366 g/mol. The Balaban J connectivity index is 1.77. The summed E-state index contributed by atoms with van der Waals surface area (Å²) < 4.78 is 26.3. The van der Waals surface area contributed by atoms with Crippen molar-refractivity contribution in [1.82, 2.24) is 4.72 Å².